The van der Waals surface area contributed by atoms with Crippen LogP contribution in [-0.2, 0) is 0 Å². The quantitative estimate of drug-likeness (QED) is 0.750. The molecule has 1 aromatic rings. The van der Waals surface area contributed by atoms with E-state index < -0.39 is 0 Å². The lowest BCUT2D eigenvalue weighted by Crippen LogP contribution is -2.05. The molecule has 3 nitrogen and oxygen atoms in total. The Balaban J connectivity index is 2.02. The smallest absolute Gasteiger partial charge is 0.144 e. The number of rotatable bonds is 5. The molecule has 0 aliphatic heterocycles. The van der Waals surface area contributed by atoms with Crippen molar-refractivity contribution in [2.75, 3.05) is 17.7 Å². The zero-order valence-corrected chi connectivity index (χ0v) is 9.99. The molecule has 0 radical (unpaired) electrons. The minimum Gasteiger partial charge on any atom is -0.492 e. The molecule has 3 N–H and O–H groups in total. The lowest BCUT2D eigenvalue weighted by molar-refractivity contribution is 0.342. The molecule has 88 valence electrons. The summed E-state index contributed by atoms with van der Waals surface area (Å²) in [5, 5.41) is 3.51. The van der Waals surface area contributed by atoms with E-state index in [0.29, 0.717) is 18.3 Å². The van der Waals surface area contributed by atoms with Crippen molar-refractivity contribution in [2.45, 2.75) is 32.7 Å². The Labute approximate surface area is 97.0 Å². The number of nitrogens with one attached hydrogen (secondary N) is 1. The lowest BCUT2D eigenvalue weighted by Gasteiger charge is -2.10. The molecule has 1 aliphatic rings. The van der Waals surface area contributed by atoms with E-state index in [4.69, 9.17) is 10.5 Å². The van der Waals surface area contributed by atoms with Crippen molar-refractivity contribution in [3.05, 3.63) is 18.2 Å². The van der Waals surface area contributed by atoms with E-state index in [9.17, 15) is 0 Å². The molecule has 0 heterocycles. The summed E-state index contributed by atoms with van der Waals surface area (Å²) >= 11 is 0. The molecule has 2 rings (SSSR count). The van der Waals surface area contributed by atoms with Crippen LogP contribution in [-0.4, -0.2) is 12.6 Å². The van der Waals surface area contributed by atoms with Crippen molar-refractivity contribution in [1.29, 1.82) is 0 Å². The number of hydrogen-bond donors (Lipinski definition) is 2. The molecule has 0 bridgehead atoms. The van der Waals surface area contributed by atoms with Crippen LogP contribution in [0.25, 0.3) is 0 Å². The molecule has 0 amide bonds. The number of ether oxygens (including phenoxy) is 1. The van der Waals surface area contributed by atoms with Crippen LogP contribution < -0.4 is 15.8 Å². The van der Waals surface area contributed by atoms with Crippen molar-refractivity contribution < 1.29 is 4.74 Å². The predicted octanol–water partition coefficient (Wildman–Crippen LogP) is 2.88. The Kier molecular flexibility index (Phi) is 3.22. The van der Waals surface area contributed by atoms with E-state index >= 15 is 0 Å². The molecule has 0 aromatic heterocycles. The zero-order valence-electron chi connectivity index (χ0n) is 9.99. The second-order valence-corrected chi connectivity index (χ2v) is 4.34. The second-order valence-electron chi connectivity index (χ2n) is 4.34. The summed E-state index contributed by atoms with van der Waals surface area (Å²) in [7, 11) is 0. The molecule has 0 spiro atoms. The first-order chi connectivity index (χ1) is 7.74. The van der Waals surface area contributed by atoms with Gasteiger partial charge in [-0.2, -0.15) is 0 Å². The summed E-state index contributed by atoms with van der Waals surface area (Å²) < 4.78 is 5.47. The van der Waals surface area contributed by atoms with Gasteiger partial charge >= 0.3 is 0 Å². The van der Waals surface area contributed by atoms with Gasteiger partial charge in [-0.05, 0) is 31.4 Å². The van der Waals surface area contributed by atoms with Crippen molar-refractivity contribution in [3.63, 3.8) is 0 Å². The van der Waals surface area contributed by atoms with E-state index in [0.717, 1.165) is 17.4 Å². The van der Waals surface area contributed by atoms with Crippen LogP contribution in [0.1, 0.15) is 26.7 Å². The predicted molar refractivity (Wildman–Crippen MR) is 67.8 cm³/mol. The fourth-order valence-corrected chi connectivity index (χ4v) is 1.99. The third kappa shape index (κ3) is 2.40. The highest BCUT2D eigenvalue weighted by atomic mass is 16.5. The minimum absolute atomic E-state index is 0.642. The fourth-order valence-electron chi connectivity index (χ4n) is 1.99. The number of anilines is 2. The van der Waals surface area contributed by atoms with Gasteiger partial charge in [-0.1, -0.05) is 13.3 Å². The number of benzene rings is 1. The lowest BCUT2D eigenvalue weighted by atomic mass is 10.2. The third-order valence-electron chi connectivity index (χ3n) is 3.11. The normalized spacial score (nSPS) is 22.9. The summed E-state index contributed by atoms with van der Waals surface area (Å²) in [6.07, 6.45) is 2.54. The first-order valence-corrected chi connectivity index (χ1v) is 6.03. The van der Waals surface area contributed by atoms with Crippen LogP contribution >= 0.6 is 0 Å². The summed E-state index contributed by atoms with van der Waals surface area (Å²) in [6.45, 7) is 4.85. The molecule has 2 unspecified atom stereocenters. The van der Waals surface area contributed by atoms with E-state index in [2.05, 4.69) is 12.2 Å². The van der Waals surface area contributed by atoms with Crippen LogP contribution in [0.2, 0.25) is 0 Å². The third-order valence-corrected chi connectivity index (χ3v) is 3.11. The largest absolute Gasteiger partial charge is 0.492 e. The number of nitrogens with two attached hydrogens (primary N) is 1. The highest BCUT2D eigenvalue weighted by Crippen LogP contribution is 2.37. The maximum Gasteiger partial charge on any atom is 0.144 e. The van der Waals surface area contributed by atoms with Crippen molar-refractivity contribution in [1.82, 2.24) is 0 Å². The van der Waals surface area contributed by atoms with Gasteiger partial charge in [0.1, 0.15) is 5.75 Å². The van der Waals surface area contributed by atoms with Crippen LogP contribution in [0, 0.1) is 5.92 Å². The molecule has 0 saturated heterocycles. The Morgan fingerprint density at radius 3 is 2.88 bits per heavy atom. The second kappa shape index (κ2) is 4.64. The van der Waals surface area contributed by atoms with Gasteiger partial charge in [-0.25, -0.2) is 0 Å². The van der Waals surface area contributed by atoms with Crippen LogP contribution in [0.15, 0.2) is 18.2 Å². The van der Waals surface area contributed by atoms with Gasteiger partial charge in [0.05, 0.1) is 12.3 Å². The van der Waals surface area contributed by atoms with E-state index in [1.54, 1.807) is 0 Å². The standard InChI is InChI=1S/C13H20N2O/c1-3-9-7-12(9)15-10-5-6-11(14)13(8-10)16-4-2/h5-6,8-9,12,15H,3-4,7,14H2,1-2H3. The first-order valence-electron chi connectivity index (χ1n) is 6.03. The molecule has 1 saturated carbocycles. The van der Waals surface area contributed by atoms with Gasteiger partial charge < -0.3 is 15.8 Å². The molecule has 2 atom stereocenters. The topological polar surface area (TPSA) is 47.3 Å². The minimum atomic E-state index is 0.642. The van der Waals surface area contributed by atoms with E-state index in [1.807, 2.05) is 25.1 Å². The SMILES string of the molecule is CCOc1cc(NC2CC2CC)ccc1N. The van der Waals surface area contributed by atoms with Crippen molar-refractivity contribution in [2.24, 2.45) is 5.92 Å². The summed E-state index contributed by atoms with van der Waals surface area (Å²) in [6, 6.07) is 6.55. The van der Waals surface area contributed by atoms with E-state index in [-0.39, 0.29) is 0 Å². The molecular weight excluding hydrogens is 200 g/mol. The van der Waals surface area contributed by atoms with Gasteiger partial charge in [0.15, 0.2) is 0 Å². The van der Waals surface area contributed by atoms with Crippen LogP contribution in [0.3, 0.4) is 0 Å². The first kappa shape index (κ1) is 11.1. The molecule has 16 heavy (non-hydrogen) atoms. The zero-order chi connectivity index (χ0) is 11.5. The molecule has 1 aromatic carbocycles. The molecular formula is C13H20N2O. The molecule has 1 aliphatic carbocycles. The Morgan fingerprint density at radius 2 is 2.25 bits per heavy atom. The number of nitrogen functional groups attached to an aromatic ring is 1. The van der Waals surface area contributed by atoms with E-state index in [1.165, 1.54) is 12.8 Å². The summed E-state index contributed by atoms with van der Waals surface area (Å²) in [4.78, 5) is 0. The summed E-state index contributed by atoms with van der Waals surface area (Å²) in [5.41, 5.74) is 7.64. The maximum absolute atomic E-state index is 5.82. The average molecular weight is 220 g/mol. The van der Waals surface area contributed by atoms with Gasteiger partial charge in [0, 0.05) is 17.8 Å². The number of hydrogen-bond acceptors (Lipinski definition) is 3. The molecule has 1 fully saturated rings. The maximum atomic E-state index is 5.82. The van der Waals surface area contributed by atoms with Gasteiger partial charge in [0.25, 0.3) is 0 Å². The fraction of sp³-hybridized carbons (Fsp3) is 0.538. The Morgan fingerprint density at radius 1 is 1.44 bits per heavy atom. The van der Waals surface area contributed by atoms with Crippen molar-refractivity contribution >= 4 is 11.4 Å². The Bertz CT molecular complexity index is 365. The van der Waals surface area contributed by atoms with Crippen LogP contribution in [0.5, 0.6) is 5.75 Å². The van der Waals surface area contributed by atoms with Gasteiger partial charge in [0.2, 0.25) is 0 Å². The summed E-state index contributed by atoms with van der Waals surface area (Å²) in [5.74, 6) is 1.62. The van der Waals surface area contributed by atoms with Gasteiger partial charge in [-0.15, -0.1) is 0 Å². The molecule has 3 heteroatoms. The highest BCUT2D eigenvalue weighted by molar-refractivity contribution is 5.62. The average Bonchev–Trinajstić information content (AvgIpc) is 3.02. The van der Waals surface area contributed by atoms with Crippen molar-refractivity contribution in [3.8, 4) is 5.75 Å². The van der Waals surface area contributed by atoms with Crippen LogP contribution in [0.4, 0.5) is 11.4 Å². The Hall–Kier alpha value is -1.38. The monoisotopic (exact) mass is 220 g/mol. The van der Waals surface area contributed by atoms with Gasteiger partial charge in [-0.3, -0.25) is 0 Å². The highest BCUT2D eigenvalue weighted by Gasteiger charge is 2.35.